The zero-order chi connectivity index (χ0) is 45.1. The fourth-order valence-corrected chi connectivity index (χ4v) is 7.52. The van der Waals surface area contributed by atoms with Crippen LogP contribution in [0.2, 0.25) is 0 Å². The van der Waals surface area contributed by atoms with E-state index in [1.54, 1.807) is 0 Å². The Hall–Kier alpha value is -2.63. The Balaban J connectivity index is 4.40. The summed E-state index contributed by atoms with van der Waals surface area (Å²) in [6.07, 6.45) is 60.9. The number of esters is 3. The van der Waals surface area contributed by atoms with Gasteiger partial charge in [0.1, 0.15) is 13.2 Å². The van der Waals surface area contributed by atoms with Crippen LogP contribution >= 0.6 is 0 Å². The SMILES string of the molecule is CCCCC/C=C\C/C=C\CCCCCCCCCC(=O)OCC(COC(=O)CCCCCCCCCCCCC)OC(=O)CCCCC/C=C\C=C/CCCCCCCCC. The van der Waals surface area contributed by atoms with Crippen LogP contribution in [0, 0.1) is 0 Å². The molecule has 1 atom stereocenters. The van der Waals surface area contributed by atoms with Gasteiger partial charge >= 0.3 is 17.9 Å². The Morgan fingerprint density at radius 1 is 0.339 bits per heavy atom. The number of hydrogen-bond donors (Lipinski definition) is 0. The van der Waals surface area contributed by atoms with E-state index in [9.17, 15) is 14.4 Å². The lowest BCUT2D eigenvalue weighted by Gasteiger charge is -2.18. The molecule has 360 valence electrons. The van der Waals surface area contributed by atoms with Crippen molar-refractivity contribution in [1.29, 1.82) is 0 Å². The number of carbonyl (C=O) groups is 3. The van der Waals surface area contributed by atoms with E-state index in [4.69, 9.17) is 14.2 Å². The van der Waals surface area contributed by atoms with Gasteiger partial charge in [0.05, 0.1) is 0 Å². The average Bonchev–Trinajstić information content (AvgIpc) is 3.27. The monoisotopic (exact) mass is 869 g/mol. The minimum absolute atomic E-state index is 0.0842. The van der Waals surface area contributed by atoms with E-state index in [0.717, 1.165) is 83.5 Å². The van der Waals surface area contributed by atoms with Crippen LogP contribution in [0.1, 0.15) is 271 Å². The third kappa shape index (κ3) is 48.4. The van der Waals surface area contributed by atoms with Crippen molar-refractivity contribution >= 4 is 17.9 Å². The molecule has 0 fully saturated rings. The van der Waals surface area contributed by atoms with Crippen molar-refractivity contribution in [2.24, 2.45) is 0 Å². The van der Waals surface area contributed by atoms with Crippen LogP contribution in [0.15, 0.2) is 48.6 Å². The summed E-state index contributed by atoms with van der Waals surface area (Å²) >= 11 is 0. The molecule has 0 radical (unpaired) electrons. The number of ether oxygens (including phenoxy) is 3. The number of rotatable bonds is 48. The summed E-state index contributed by atoms with van der Waals surface area (Å²) in [6, 6.07) is 0. The summed E-state index contributed by atoms with van der Waals surface area (Å²) in [4.78, 5) is 38.0. The van der Waals surface area contributed by atoms with Crippen molar-refractivity contribution in [1.82, 2.24) is 0 Å². The minimum Gasteiger partial charge on any atom is -0.462 e. The van der Waals surface area contributed by atoms with Gasteiger partial charge in [-0.2, -0.15) is 0 Å². The molecule has 0 aromatic carbocycles. The first kappa shape index (κ1) is 59.4. The van der Waals surface area contributed by atoms with Crippen LogP contribution < -0.4 is 0 Å². The zero-order valence-corrected chi connectivity index (χ0v) is 41.1. The summed E-state index contributed by atoms with van der Waals surface area (Å²) in [5.41, 5.74) is 0. The number of carbonyl (C=O) groups excluding carboxylic acids is 3. The molecule has 0 bridgehead atoms. The Morgan fingerprint density at radius 2 is 0.629 bits per heavy atom. The van der Waals surface area contributed by atoms with Crippen LogP contribution in [0.5, 0.6) is 0 Å². The van der Waals surface area contributed by atoms with E-state index in [1.165, 1.54) is 148 Å². The normalized spacial score (nSPS) is 12.4. The molecular weight excluding hydrogens is 769 g/mol. The maximum absolute atomic E-state index is 12.8. The van der Waals surface area contributed by atoms with Gasteiger partial charge in [-0.25, -0.2) is 0 Å². The molecule has 0 saturated carbocycles. The maximum atomic E-state index is 12.8. The Kier molecular flexibility index (Phi) is 48.8. The van der Waals surface area contributed by atoms with Crippen molar-refractivity contribution < 1.29 is 28.6 Å². The highest BCUT2D eigenvalue weighted by Crippen LogP contribution is 2.15. The summed E-state index contributed by atoms with van der Waals surface area (Å²) in [5, 5.41) is 0. The molecule has 0 aliphatic carbocycles. The van der Waals surface area contributed by atoms with Gasteiger partial charge in [0.15, 0.2) is 6.10 Å². The largest absolute Gasteiger partial charge is 0.462 e. The summed E-state index contributed by atoms with van der Waals surface area (Å²) in [5.74, 6) is -0.911. The van der Waals surface area contributed by atoms with Crippen LogP contribution in [-0.2, 0) is 28.6 Å². The molecule has 0 saturated heterocycles. The van der Waals surface area contributed by atoms with Gasteiger partial charge in [0, 0.05) is 19.3 Å². The Morgan fingerprint density at radius 3 is 1.03 bits per heavy atom. The third-order valence-electron chi connectivity index (χ3n) is 11.6. The van der Waals surface area contributed by atoms with Gasteiger partial charge in [0.25, 0.3) is 0 Å². The predicted octanol–water partition coefficient (Wildman–Crippen LogP) is 17.5. The first-order valence-corrected chi connectivity index (χ1v) is 26.7. The lowest BCUT2D eigenvalue weighted by Crippen LogP contribution is -2.30. The van der Waals surface area contributed by atoms with Crippen LogP contribution in [0.3, 0.4) is 0 Å². The molecule has 0 aromatic heterocycles. The molecule has 62 heavy (non-hydrogen) atoms. The molecule has 0 aliphatic rings. The molecular formula is C56H100O6. The first-order chi connectivity index (χ1) is 30.5. The summed E-state index contributed by atoms with van der Waals surface area (Å²) < 4.78 is 16.8. The Bertz CT molecular complexity index is 1090. The van der Waals surface area contributed by atoms with Crippen LogP contribution in [0.25, 0.3) is 0 Å². The first-order valence-electron chi connectivity index (χ1n) is 26.7. The van der Waals surface area contributed by atoms with E-state index in [-0.39, 0.29) is 31.1 Å². The van der Waals surface area contributed by atoms with Crippen molar-refractivity contribution in [2.45, 2.75) is 277 Å². The highest BCUT2D eigenvalue weighted by atomic mass is 16.6. The van der Waals surface area contributed by atoms with Crippen molar-refractivity contribution in [2.75, 3.05) is 13.2 Å². The molecule has 6 heteroatoms. The predicted molar refractivity (Wildman–Crippen MR) is 265 cm³/mol. The van der Waals surface area contributed by atoms with Crippen molar-refractivity contribution in [3.05, 3.63) is 48.6 Å². The third-order valence-corrected chi connectivity index (χ3v) is 11.6. The van der Waals surface area contributed by atoms with Gasteiger partial charge < -0.3 is 14.2 Å². The number of hydrogen-bond acceptors (Lipinski definition) is 6. The second kappa shape index (κ2) is 51.0. The van der Waals surface area contributed by atoms with Gasteiger partial charge in [-0.15, -0.1) is 0 Å². The molecule has 0 aliphatic heterocycles. The standard InChI is InChI=1S/C56H100O6/c1-4-7-10-13-16-19-22-24-26-28-30-31-34-37-40-43-46-49-55(58)61-52-53(51-60-54(57)48-45-42-39-36-33-21-18-15-12-9-6-3)62-56(59)50-47-44-41-38-35-32-29-27-25-23-20-17-14-11-8-5-2/h16,19,24,26-27,29,32,35,53H,4-15,17-18,20-23,25,28,30-31,33-34,36-52H2,1-3H3/b19-16-,26-24-,29-27-,35-32-. The molecule has 0 N–H and O–H groups in total. The van der Waals surface area contributed by atoms with E-state index < -0.39 is 6.10 Å². The second-order valence-electron chi connectivity index (χ2n) is 17.8. The summed E-state index contributed by atoms with van der Waals surface area (Å²) in [7, 11) is 0. The zero-order valence-electron chi connectivity index (χ0n) is 41.1. The minimum atomic E-state index is -0.787. The highest BCUT2D eigenvalue weighted by molar-refractivity contribution is 5.71. The molecule has 0 rings (SSSR count). The average molecular weight is 869 g/mol. The summed E-state index contributed by atoms with van der Waals surface area (Å²) in [6.45, 7) is 6.59. The molecule has 6 nitrogen and oxygen atoms in total. The van der Waals surface area contributed by atoms with Crippen molar-refractivity contribution in [3.8, 4) is 0 Å². The van der Waals surface area contributed by atoms with Crippen LogP contribution in [0.4, 0.5) is 0 Å². The number of allylic oxidation sites excluding steroid dienone is 8. The van der Waals surface area contributed by atoms with Gasteiger partial charge in [-0.3, -0.25) is 14.4 Å². The maximum Gasteiger partial charge on any atom is 0.306 e. The topological polar surface area (TPSA) is 78.9 Å². The smallest absolute Gasteiger partial charge is 0.306 e. The van der Waals surface area contributed by atoms with Gasteiger partial charge in [-0.1, -0.05) is 223 Å². The number of unbranched alkanes of at least 4 members (excludes halogenated alkanes) is 30. The molecule has 1 unspecified atom stereocenters. The second-order valence-corrected chi connectivity index (χ2v) is 17.8. The van der Waals surface area contributed by atoms with Gasteiger partial charge in [-0.05, 0) is 77.0 Å². The molecule has 0 heterocycles. The fraction of sp³-hybridized carbons (Fsp3) is 0.804. The van der Waals surface area contributed by atoms with Crippen molar-refractivity contribution in [3.63, 3.8) is 0 Å². The molecule has 0 spiro atoms. The van der Waals surface area contributed by atoms with E-state index in [0.29, 0.717) is 19.3 Å². The quantitative estimate of drug-likeness (QED) is 0.0199. The molecule has 0 aromatic rings. The lowest BCUT2D eigenvalue weighted by molar-refractivity contribution is -0.167. The van der Waals surface area contributed by atoms with Crippen LogP contribution in [-0.4, -0.2) is 37.2 Å². The Labute approximate surface area is 384 Å². The van der Waals surface area contributed by atoms with E-state index >= 15 is 0 Å². The van der Waals surface area contributed by atoms with Gasteiger partial charge in [0.2, 0.25) is 0 Å². The molecule has 0 amide bonds. The fourth-order valence-electron chi connectivity index (χ4n) is 7.52. The van der Waals surface area contributed by atoms with E-state index in [2.05, 4.69) is 69.4 Å². The highest BCUT2D eigenvalue weighted by Gasteiger charge is 2.19. The van der Waals surface area contributed by atoms with E-state index in [1.807, 2.05) is 0 Å². The lowest BCUT2D eigenvalue weighted by atomic mass is 10.1.